The number of aryl methyl sites for hydroxylation is 2. The normalized spacial score (nSPS) is 10.8. The molecule has 7 heteroatoms. The second-order valence-electron chi connectivity index (χ2n) is 4.37. The van der Waals surface area contributed by atoms with Gasteiger partial charge in [-0.05, 0) is 19.1 Å². The monoisotopic (exact) mass is 287 g/mol. The molecule has 1 aromatic carbocycles. The van der Waals surface area contributed by atoms with Crippen molar-refractivity contribution >= 4 is 33.4 Å². The quantitative estimate of drug-likeness (QED) is 0.771. The average molecular weight is 287 g/mol. The number of H-pyrrole nitrogens is 1. The predicted octanol–water partition coefficient (Wildman–Crippen LogP) is 2.29. The number of nitrogens with zero attached hydrogens (tertiary/aromatic N) is 3. The van der Waals surface area contributed by atoms with Crippen LogP contribution in [0.2, 0.25) is 0 Å². The van der Waals surface area contributed by atoms with E-state index in [4.69, 9.17) is 0 Å². The van der Waals surface area contributed by atoms with Gasteiger partial charge in [0.1, 0.15) is 5.82 Å². The summed E-state index contributed by atoms with van der Waals surface area (Å²) in [6, 6.07) is 7.96. The molecule has 0 radical (unpaired) electrons. The highest BCUT2D eigenvalue weighted by atomic mass is 32.1. The van der Waals surface area contributed by atoms with Crippen LogP contribution in [-0.4, -0.2) is 26.1 Å². The largest absolute Gasteiger partial charge is 0.293 e. The summed E-state index contributed by atoms with van der Waals surface area (Å²) in [5.74, 6) is 0.881. The van der Waals surface area contributed by atoms with Gasteiger partial charge in [0.05, 0.1) is 15.2 Å². The number of rotatable bonds is 4. The summed E-state index contributed by atoms with van der Waals surface area (Å²) in [6.07, 6.45) is 0.988. The maximum atomic E-state index is 11.8. The lowest BCUT2D eigenvalue weighted by Gasteiger charge is -1.98. The first-order valence-electron chi connectivity index (χ1n) is 6.24. The molecule has 0 atom stereocenters. The molecule has 1 amide bonds. The SMILES string of the molecule is Cc1nc(NC(=O)CCc2nc3ccccc3s2)n[nH]1. The number of nitrogens with one attached hydrogen (secondary N) is 2. The smallest absolute Gasteiger partial charge is 0.248 e. The van der Waals surface area contributed by atoms with Gasteiger partial charge in [-0.2, -0.15) is 4.98 Å². The molecule has 0 aliphatic heterocycles. The van der Waals surface area contributed by atoms with E-state index in [1.165, 1.54) is 0 Å². The number of anilines is 1. The Labute approximate surface area is 119 Å². The molecule has 2 aromatic heterocycles. The second-order valence-corrected chi connectivity index (χ2v) is 5.48. The van der Waals surface area contributed by atoms with Crippen molar-refractivity contribution in [2.75, 3.05) is 5.32 Å². The molecule has 0 unspecified atom stereocenters. The second kappa shape index (κ2) is 5.38. The molecule has 3 rings (SSSR count). The number of aromatic amines is 1. The Bertz CT molecular complexity index is 715. The highest BCUT2D eigenvalue weighted by Gasteiger charge is 2.09. The molecule has 0 saturated heterocycles. The van der Waals surface area contributed by atoms with E-state index in [-0.39, 0.29) is 5.91 Å². The van der Waals surface area contributed by atoms with Crippen molar-refractivity contribution in [2.24, 2.45) is 0 Å². The lowest BCUT2D eigenvalue weighted by molar-refractivity contribution is -0.116. The Morgan fingerprint density at radius 2 is 2.20 bits per heavy atom. The van der Waals surface area contributed by atoms with Crippen LogP contribution < -0.4 is 5.32 Å². The number of benzene rings is 1. The van der Waals surface area contributed by atoms with E-state index in [0.717, 1.165) is 15.2 Å². The first-order chi connectivity index (χ1) is 9.70. The van der Waals surface area contributed by atoms with Crippen LogP contribution in [0.5, 0.6) is 0 Å². The summed E-state index contributed by atoms with van der Waals surface area (Å²) in [5, 5.41) is 10.2. The Kier molecular flexibility index (Phi) is 3.42. The fourth-order valence-corrected chi connectivity index (χ4v) is 2.80. The maximum absolute atomic E-state index is 11.8. The highest BCUT2D eigenvalue weighted by molar-refractivity contribution is 7.18. The maximum Gasteiger partial charge on any atom is 0.248 e. The number of hydrogen-bond donors (Lipinski definition) is 2. The first-order valence-corrected chi connectivity index (χ1v) is 7.05. The molecular weight excluding hydrogens is 274 g/mol. The van der Waals surface area contributed by atoms with Crippen LogP contribution in [0.1, 0.15) is 17.3 Å². The molecule has 102 valence electrons. The fraction of sp³-hybridized carbons (Fsp3) is 0.231. The van der Waals surface area contributed by atoms with Gasteiger partial charge in [0.25, 0.3) is 0 Å². The molecule has 0 aliphatic carbocycles. The van der Waals surface area contributed by atoms with E-state index >= 15 is 0 Å². The van der Waals surface area contributed by atoms with Crippen molar-refractivity contribution in [3.63, 3.8) is 0 Å². The van der Waals surface area contributed by atoms with Crippen LogP contribution in [0, 0.1) is 6.92 Å². The number of hydrogen-bond acceptors (Lipinski definition) is 5. The third kappa shape index (κ3) is 2.83. The van der Waals surface area contributed by atoms with Crippen LogP contribution in [0.25, 0.3) is 10.2 Å². The number of fused-ring (bicyclic) bond motifs is 1. The molecule has 20 heavy (non-hydrogen) atoms. The molecule has 0 spiro atoms. The van der Waals surface area contributed by atoms with Gasteiger partial charge in [-0.25, -0.2) is 4.98 Å². The van der Waals surface area contributed by atoms with E-state index in [2.05, 4.69) is 25.5 Å². The Morgan fingerprint density at radius 1 is 1.35 bits per heavy atom. The van der Waals surface area contributed by atoms with E-state index < -0.39 is 0 Å². The number of carbonyl (C=O) groups excluding carboxylic acids is 1. The lowest BCUT2D eigenvalue weighted by Crippen LogP contribution is -2.13. The first kappa shape index (κ1) is 12.7. The van der Waals surface area contributed by atoms with E-state index in [9.17, 15) is 4.79 Å². The van der Waals surface area contributed by atoms with Crippen molar-refractivity contribution in [2.45, 2.75) is 19.8 Å². The van der Waals surface area contributed by atoms with Crippen LogP contribution >= 0.6 is 11.3 Å². The van der Waals surface area contributed by atoms with Crippen molar-refractivity contribution < 1.29 is 4.79 Å². The molecule has 3 aromatic rings. The van der Waals surface area contributed by atoms with Gasteiger partial charge < -0.3 is 0 Å². The zero-order valence-corrected chi connectivity index (χ0v) is 11.7. The molecule has 0 fully saturated rings. The third-order valence-electron chi connectivity index (χ3n) is 2.75. The van der Waals surface area contributed by atoms with Gasteiger partial charge in [-0.15, -0.1) is 16.4 Å². The number of aromatic nitrogens is 4. The van der Waals surface area contributed by atoms with Crippen molar-refractivity contribution in [3.8, 4) is 0 Å². The number of amides is 1. The summed E-state index contributed by atoms with van der Waals surface area (Å²) in [4.78, 5) is 20.3. The van der Waals surface area contributed by atoms with Gasteiger partial charge in [0.15, 0.2) is 0 Å². The minimum Gasteiger partial charge on any atom is -0.293 e. The molecular formula is C13H13N5OS. The van der Waals surface area contributed by atoms with Crippen LogP contribution in [0.3, 0.4) is 0 Å². The summed E-state index contributed by atoms with van der Waals surface area (Å²) in [7, 11) is 0. The third-order valence-corrected chi connectivity index (χ3v) is 3.85. The zero-order chi connectivity index (χ0) is 13.9. The minimum absolute atomic E-state index is 0.108. The number of carbonyl (C=O) groups is 1. The van der Waals surface area contributed by atoms with E-state index in [1.807, 2.05) is 24.3 Å². The van der Waals surface area contributed by atoms with Crippen molar-refractivity contribution in [1.82, 2.24) is 20.2 Å². The van der Waals surface area contributed by atoms with Gasteiger partial charge in [-0.1, -0.05) is 12.1 Å². The zero-order valence-electron chi connectivity index (χ0n) is 10.9. The standard InChI is InChI=1S/C13H13N5OS/c1-8-14-13(18-17-8)16-11(19)6-7-12-15-9-4-2-3-5-10(9)20-12/h2-5H,6-7H2,1H3,(H2,14,16,17,18,19). The number of para-hydroxylation sites is 1. The topological polar surface area (TPSA) is 83.6 Å². The van der Waals surface area contributed by atoms with Gasteiger partial charge in [0, 0.05) is 12.8 Å². The van der Waals surface area contributed by atoms with Gasteiger partial charge in [0.2, 0.25) is 11.9 Å². The highest BCUT2D eigenvalue weighted by Crippen LogP contribution is 2.22. The van der Waals surface area contributed by atoms with Gasteiger partial charge >= 0.3 is 0 Å². The van der Waals surface area contributed by atoms with E-state index in [0.29, 0.717) is 24.6 Å². The molecule has 0 aliphatic rings. The fourth-order valence-electron chi connectivity index (χ4n) is 1.83. The van der Waals surface area contributed by atoms with Gasteiger partial charge in [-0.3, -0.25) is 15.2 Å². The molecule has 2 heterocycles. The lowest BCUT2D eigenvalue weighted by atomic mass is 10.3. The summed E-state index contributed by atoms with van der Waals surface area (Å²) >= 11 is 1.62. The molecule has 0 saturated carbocycles. The Balaban J connectivity index is 1.59. The minimum atomic E-state index is -0.108. The molecule has 2 N–H and O–H groups in total. The van der Waals surface area contributed by atoms with Crippen molar-refractivity contribution in [1.29, 1.82) is 0 Å². The Hall–Kier alpha value is -2.28. The number of thiazole rings is 1. The van der Waals surface area contributed by atoms with Crippen LogP contribution in [0.4, 0.5) is 5.95 Å². The average Bonchev–Trinajstić information content (AvgIpc) is 3.02. The van der Waals surface area contributed by atoms with Crippen molar-refractivity contribution in [3.05, 3.63) is 35.1 Å². The summed E-state index contributed by atoms with van der Waals surface area (Å²) < 4.78 is 1.15. The summed E-state index contributed by atoms with van der Waals surface area (Å²) in [6.45, 7) is 1.78. The molecule has 6 nitrogen and oxygen atoms in total. The Morgan fingerprint density at radius 3 is 2.95 bits per heavy atom. The van der Waals surface area contributed by atoms with E-state index in [1.54, 1.807) is 18.3 Å². The molecule has 0 bridgehead atoms. The van der Waals surface area contributed by atoms with Crippen LogP contribution in [-0.2, 0) is 11.2 Å². The summed E-state index contributed by atoms with van der Waals surface area (Å²) in [5.41, 5.74) is 0.984. The predicted molar refractivity (Wildman–Crippen MR) is 77.7 cm³/mol. The van der Waals surface area contributed by atoms with Crippen LogP contribution in [0.15, 0.2) is 24.3 Å².